The molecule has 12 heteroatoms. The van der Waals surface area contributed by atoms with Crippen LogP contribution in [0.15, 0.2) is 81.9 Å². The number of carbonyl (C=O) groups is 2. The lowest BCUT2D eigenvalue weighted by Gasteiger charge is -2.13. The van der Waals surface area contributed by atoms with Crippen LogP contribution in [-0.4, -0.2) is 40.7 Å². The van der Waals surface area contributed by atoms with Gasteiger partial charge in [0.1, 0.15) is 23.0 Å². The minimum absolute atomic E-state index is 0.00608. The average molecular weight is 609 g/mol. The minimum Gasteiger partial charge on any atom is -0.506 e. The van der Waals surface area contributed by atoms with Crippen LogP contribution in [0.2, 0.25) is 5.02 Å². The maximum atomic E-state index is 12.9. The van der Waals surface area contributed by atoms with E-state index in [1.807, 2.05) is 0 Å². The fraction of sp³-hybridized carbons (Fsp3) is 0.167. The largest absolute Gasteiger partial charge is 0.506 e. The van der Waals surface area contributed by atoms with Crippen molar-refractivity contribution < 1.29 is 33.8 Å². The molecule has 0 atom stereocenters. The highest BCUT2D eigenvalue weighted by molar-refractivity contribution is 8.18. The van der Waals surface area contributed by atoms with E-state index in [-0.39, 0.29) is 56.7 Å². The van der Waals surface area contributed by atoms with Gasteiger partial charge in [0.05, 0.1) is 28.6 Å². The highest BCUT2D eigenvalue weighted by Crippen LogP contribution is 2.42. The van der Waals surface area contributed by atoms with Gasteiger partial charge >= 0.3 is 5.97 Å². The summed E-state index contributed by atoms with van der Waals surface area (Å²) in [7, 11) is 1.43. The summed E-state index contributed by atoms with van der Waals surface area (Å²) in [6.07, 6.45) is 1.56. The van der Waals surface area contributed by atoms with E-state index in [4.69, 9.17) is 25.8 Å². The molecule has 0 saturated heterocycles. The second kappa shape index (κ2) is 13.4. The number of esters is 1. The van der Waals surface area contributed by atoms with Crippen LogP contribution in [0.1, 0.15) is 34.0 Å². The summed E-state index contributed by atoms with van der Waals surface area (Å²) in [6, 6.07) is 16.0. The van der Waals surface area contributed by atoms with E-state index in [0.29, 0.717) is 22.3 Å². The van der Waals surface area contributed by atoms with Crippen molar-refractivity contribution in [3.05, 3.63) is 114 Å². The number of halogens is 1. The molecule has 10 nitrogen and oxygen atoms in total. The van der Waals surface area contributed by atoms with Crippen molar-refractivity contribution in [2.45, 2.75) is 20.5 Å². The molecule has 1 amide bonds. The number of amides is 1. The Balaban J connectivity index is 1.64. The summed E-state index contributed by atoms with van der Waals surface area (Å²) in [4.78, 5) is 40.4. The highest BCUT2D eigenvalue weighted by Gasteiger charge is 2.34. The molecule has 42 heavy (non-hydrogen) atoms. The lowest BCUT2D eigenvalue weighted by atomic mass is 10.1. The Morgan fingerprint density at radius 1 is 1.14 bits per heavy atom. The number of aliphatic hydroxyl groups excluding tert-OH is 1. The first-order chi connectivity index (χ1) is 20.1. The minimum atomic E-state index is -0.812. The number of methoxy groups -OCH3 is 1. The van der Waals surface area contributed by atoms with Crippen molar-refractivity contribution in [3.63, 3.8) is 0 Å². The number of benzene rings is 3. The number of nitrogens with zero attached hydrogens (tertiary/aromatic N) is 2. The summed E-state index contributed by atoms with van der Waals surface area (Å²) in [5, 5.41) is 22.1. The average Bonchev–Trinajstić information content (AvgIpc) is 3.26. The van der Waals surface area contributed by atoms with Gasteiger partial charge < -0.3 is 19.3 Å². The van der Waals surface area contributed by atoms with E-state index in [2.05, 4.69) is 4.99 Å². The van der Waals surface area contributed by atoms with Gasteiger partial charge in [-0.1, -0.05) is 41.6 Å². The van der Waals surface area contributed by atoms with Crippen LogP contribution >= 0.6 is 23.4 Å². The van der Waals surface area contributed by atoms with Crippen LogP contribution in [0.3, 0.4) is 0 Å². The van der Waals surface area contributed by atoms with E-state index < -0.39 is 16.8 Å². The molecule has 1 heterocycles. The zero-order valence-electron chi connectivity index (χ0n) is 22.8. The molecule has 216 valence electrons. The van der Waals surface area contributed by atoms with Crippen molar-refractivity contribution in [2.75, 3.05) is 13.7 Å². The fourth-order valence-electron chi connectivity index (χ4n) is 3.94. The van der Waals surface area contributed by atoms with Crippen molar-refractivity contribution >= 4 is 52.0 Å². The lowest BCUT2D eigenvalue weighted by Crippen LogP contribution is -2.14. The van der Waals surface area contributed by atoms with Gasteiger partial charge in [-0.15, -0.1) is 0 Å². The Kier molecular flexibility index (Phi) is 9.66. The molecule has 0 fully saturated rings. The third kappa shape index (κ3) is 6.81. The van der Waals surface area contributed by atoms with Gasteiger partial charge in [0.25, 0.3) is 11.6 Å². The number of rotatable bonds is 9. The number of hydrogen-bond donors (Lipinski definition) is 1. The van der Waals surface area contributed by atoms with Gasteiger partial charge in [0.15, 0.2) is 11.5 Å². The lowest BCUT2D eigenvalue weighted by molar-refractivity contribution is -0.384. The summed E-state index contributed by atoms with van der Waals surface area (Å²) in [5.74, 6) is -1.23. The molecule has 1 aliphatic heterocycles. The van der Waals surface area contributed by atoms with Gasteiger partial charge in [-0.25, -0.2) is 9.79 Å². The smallest absolute Gasteiger partial charge is 0.344 e. The molecular formula is C30H25ClN2O8S. The molecule has 1 aliphatic rings. The van der Waals surface area contributed by atoms with E-state index in [1.165, 1.54) is 19.2 Å². The van der Waals surface area contributed by atoms with Crippen molar-refractivity contribution in [1.82, 2.24) is 0 Å². The number of non-ortho nitro benzene ring substituents is 1. The summed E-state index contributed by atoms with van der Waals surface area (Å²) in [5.41, 5.74) is 2.02. The SMILES string of the molecule is CCOC(=O)C1=C(O)/C(=C/c2cc(Cl)c(OCc3ccc([N+](=O)[O-])cc3)c(OC)c2)SC1=NC(=O)c1ccccc1C. The predicted molar refractivity (Wildman–Crippen MR) is 160 cm³/mol. The topological polar surface area (TPSA) is 138 Å². The van der Waals surface area contributed by atoms with Crippen LogP contribution in [0.25, 0.3) is 6.08 Å². The van der Waals surface area contributed by atoms with Crippen LogP contribution in [-0.2, 0) is 16.1 Å². The molecule has 3 aromatic rings. The van der Waals surface area contributed by atoms with Gasteiger partial charge in [-0.2, -0.15) is 0 Å². The Morgan fingerprint density at radius 2 is 1.86 bits per heavy atom. The summed E-state index contributed by atoms with van der Waals surface area (Å²) in [6.45, 7) is 3.54. The number of nitro benzene ring substituents is 1. The summed E-state index contributed by atoms with van der Waals surface area (Å²) < 4.78 is 16.4. The molecule has 0 radical (unpaired) electrons. The molecular weight excluding hydrogens is 584 g/mol. The first-order valence-corrected chi connectivity index (χ1v) is 13.7. The van der Waals surface area contributed by atoms with Crippen molar-refractivity contribution in [3.8, 4) is 11.5 Å². The second-order valence-electron chi connectivity index (χ2n) is 8.84. The monoisotopic (exact) mass is 608 g/mol. The first kappa shape index (κ1) is 30.4. The van der Waals surface area contributed by atoms with E-state index in [9.17, 15) is 24.8 Å². The van der Waals surface area contributed by atoms with Gasteiger partial charge in [-0.05, 0) is 66.9 Å². The second-order valence-corrected chi connectivity index (χ2v) is 10.3. The number of thioether (sulfide) groups is 1. The number of aliphatic imine (C=N–C) groups is 1. The molecule has 0 bridgehead atoms. The van der Waals surface area contributed by atoms with Gasteiger partial charge in [0.2, 0.25) is 0 Å². The zero-order valence-corrected chi connectivity index (χ0v) is 24.3. The molecule has 0 aliphatic carbocycles. The quantitative estimate of drug-likeness (QED) is 0.157. The molecule has 0 unspecified atom stereocenters. The molecule has 1 N–H and O–H groups in total. The maximum absolute atomic E-state index is 12.9. The van der Waals surface area contributed by atoms with E-state index in [0.717, 1.165) is 11.8 Å². The Morgan fingerprint density at radius 3 is 2.50 bits per heavy atom. The highest BCUT2D eigenvalue weighted by atomic mass is 35.5. The molecule has 0 spiro atoms. The van der Waals surface area contributed by atoms with Crippen LogP contribution in [0.4, 0.5) is 5.69 Å². The molecule has 0 aromatic heterocycles. The number of aryl methyl sites for hydroxylation is 1. The fourth-order valence-corrected chi connectivity index (χ4v) is 5.23. The number of hydrogen-bond acceptors (Lipinski definition) is 9. The van der Waals surface area contributed by atoms with Gasteiger partial charge in [-0.3, -0.25) is 14.9 Å². The summed E-state index contributed by atoms with van der Waals surface area (Å²) >= 11 is 7.46. The third-order valence-electron chi connectivity index (χ3n) is 6.03. The molecule has 0 saturated carbocycles. The first-order valence-electron chi connectivity index (χ1n) is 12.6. The third-order valence-corrected chi connectivity index (χ3v) is 7.33. The van der Waals surface area contributed by atoms with E-state index in [1.54, 1.807) is 68.5 Å². The van der Waals surface area contributed by atoms with Crippen molar-refractivity contribution in [1.29, 1.82) is 0 Å². The van der Waals surface area contributed by atoms with Crippen LogP contribution in [0.5, 0.6) is 11.5 Å². The predicted octanol–water partition coefficient (Wildman–Crippen LogP) is 6.85. The number of carbonyl (C=O) groups excluding carboxylic acids is 2. The Labute approximate surface area is 250 Å². The maximum Gasteiger partial charge on any atom is 0.344 e. The molecule has 3 aromatic carbocycles. The number of aliphatic hydroxyl groups is 1. The normalized spacial score (nSPS) is 14.8. The molecule has 4 rings (SSSR count). The Bertz CT molecular complexity index is 1650. The Hall–Kier alpha value is -4.61. The number of ether oxygens (including phenoxy) is 3. The zero-order chi connectivity index (χ0) is 30.4. The van der Waals surface area contributed by atoms with Crippen molar-refractivity contribution in [2.24, 2.45) is 4.99 Å². The van der Waals surface area contributed by atoms with Crippen LogP contribution < -0.4 is 9.47 Å². The number of nitro groups is 1. The van der Waals surface area contributed by atoms with Crippen LogP contribution in [0, 0.1) is 17.0 Å². The standard InChI is InChI=1S/C30H25ClN2O8S/c1-4-40-30(36)25-26(34)24(42-29(25)32-28(35)21-8-6-5-7-17(21)2)15-19-13-22(31)27(23(14-19)39-3)41-16-18-9-11-20(12-10-18)33(37)38/h5-15,34H,4,16H2,1-3H3/b24-15-,32-29?. The van der Waals surface area contributed by atoms with E-state index >= 15 is 0 Å². The van der Waals surface area contributed by atoms with Gasteiger partial charge in [0, 0.05) is 17.7 Å².